The molecular weight excluding hydrogens is 222 g/mol. The van der Waals surface area contributed by atoms with Crippen molar-refractivity contribution >= 4 is 17.3 Å². The largest absolute Gasteiger partial charge is 0.481 e. The monoisotopic (exact) mass is 241 g/mol. The van der Waals surface area contributed by atoms with Crippen LogP contribution >= 0.6 is 11.3 Å². The van der Waals surface area contributed by atoms with E-state index in [1.807, 2.05) is 12.4 Å². The molecule has 1 atom stereocenters. The van der Waals surface area contributed by atoms with Crippen LogP contribution in [0.3, 0.4) is 0 Å². The van der Waals surface area contributed by atoms with Gasteiger partial charge in [0.05, 0.1) is 17.1 Å². The Kier molecular flexibility index (Phi) is 4.93. The van der Waals surface area contributed by atoms with Gasteiger partial charge in [-0.15, -0.1) is 11.3 Å². The standard InChI is InChI=1S/C12H19NO2S/c1-8(2)6-10(12(14)15)4-5-11-9(3)13-7-16-11/h7-8,10H,4-6H2,1-3H3,(H,14,15). The highest BCUT2D eigenvalue weighted by Crippen LogP contribution is 2.21. The molecule has 0 aliphatic heterocycles. The summed E-state index contributed by atoms with van der Waals surface area (Å²) in [6.07, 6.45) is 2.31. The van der Waals surface area contributed by atoms with Gasteiger partial charge in [-0.05, 0) is 32.1 Å². The summed E-state index contributed by atoms with van der Waals surface area (Å²) in [6.45, 7) is 6.10. The highest BCUT2D eigenvalue weighted by molar-refractivity contribution is 7.09. The van der Waals surface area contributed by atoms with E-state index >= 15 is 0 Å². The summed E-state index contributed by atoms with van der Waals surface area (Å²) in [5, 5.41) is 9.11. The zero-order valence-electron chi connectivity index (χ0n) is 10.1. The van der Waals surface area contributed by atoms with Gasteiger partial charge >= 0.3 is 5.97 Å². The van der Waals surface area contributed by atoms with Crippen LogP contribution in [0.2, 0.25) is 0 Å². The molecule has 0 amide bonds. The predicted octanol–water partition coefficient (Wildman–Crippen LogP) is 3.13. The summed E-state index contributed by atoms with van der Waals surface area (Å²) in [5.41, 5.74) is 2.86. The molecule has 0 aromatic carbocycles. The lowest BCUT2D eigenvalue weighted by Gasteiger charge is -2.13. The Morgan fingerprint density at radius 1 is 1.56 bits per heavy atom. The number of aromatic nitrogens is 1. The highest BCUT2D eigenvalue weighted by Gasteiger charge is 2.19. The Hall–Kier alpha value is -0.900. The normalized spacial score (nSPS) is 13.0. The molecule has 90 valence electrons. The van der Waals surface area contributed by atoms with E-state index in [-0.39, 0.29) is 5.92 Å². The molecule has 3 nitrogen and oxygen atoms in total. The van der Waals surface area contributed by atoms with Crippen molar-refractivity contribution in [1.29, 1.82) is 0 Å². The third kappa shape index (κ3) is 3.93. The number of carboxylic acids is 1. The van der Waals surface area contributed by atoms with Crippen LogP contribution in [0.4, 0.5) is 0 Å². The van der Waals surface area contributed by atoms with Crippen LogP contribution in [0.15, 0.2) is 5.51 Å². The smallest absolute Gasteiger partial charge is 0.306 e. The van der Waals surface area contributed by atoms with Gasteiger partial charge in [0.1, 0.15) is 0 Å². The maximum absolute atomic E-state index is 11.1. The molecule has 0 spiro atoms. The first-order valence-electron chi connectivity index (χ1n) is 5.62. The van der Waals surface area contributed by atoms with Crippen molar-refractivity contribution in [2.24, 2.45) is 11.8 Å². The minimum absolute atomic E-state index is 0.221. The second kappa shape index (κ2) is 5.99. The van der Waals surface area contributed by atoms with E-state index in [1.165, 1.54) is 4.88 Å². The zero-order chi connectivity index (χ0) is 12.1. The second-order valence-electron chi connectivity index (χ2n) is 4.56. The molecule has 0 fully saturated rings. The fourth-order valence-corrected chi connectivity index (χ4v) is 2.58. The summed E-state index contributed by atoms with van der Waals surface area (Å²) < 4.78 is 0. The Bertz CT molecular complexity index is 347. The van der Waals surface area contributed by atoms with Gasteiger partial charge in [0, 0.05) is 4.88 Å². The first-order chi connectivity index (χ1) is 7.50. The van der Waals surface area contributed by atoms with Gasteiger partial charge in [0.15, 0.2) is 0 Å². The van der Waals surface area contributed by atoms with Crippen molar-refractivity contribution in [2.75, 3.05) is 0 Å². The summed E-state index contributed by atoms with van der Waals surface area (Å²) in [7, 11) is 0. The van der Waals surface area contributed by atoms with Crippen LogP contribution in [-0.4, -0.2) is 16.1 Å². The van der Waals surface area contributed by atoms with Crippen molar-refractivity contribution in [3.8, 4) is 0 Å². The Morgan fingerprint density at radius 2 is 2.25 bits per heavy atom. The number of thiazole rings is 1. The molecule has 1 N–H and O–H groups in total. The minimum atomic E-state index is -0.670. The van der Waals surface area contributed by atoms with E-state index in [1.54, 1.807) is 11.3 Å². The Labute approximate surface area is 101 Å². The number of aryl methyl sites for hydroxylation is 2. The Balaban J connectivity index is 2.50. The summed E-state index contributed by atoms with van der Waals surface area (Å²) in [5.74, 6) is -0.457. The lowest BCUT2D eigenvalue weighted by Crippen LogP contribution is -2.16. The number of aliphatic carboxylic acids is 1. The molecular formula is C12H19NO2S. The van der Waals surface area contributed by atoms with Crippen molar-refractivity contribution in [3.63, 3.8) is 0 Å². The number of hydrogen-bond donors (Lipinski definition) is 1. The maximum atomic E-state index is 11.1. The van der Waals surface area contributed by atoms with E-state index in [9.17, 15) is 4.79 Å². The van der Waals surface area contributed by atoms with Crippen molar-refractivity contribution in [3.05, 3.63) is 16.1 Å². The average molecular weight is 241 g/mol. The molecule has 16 heavy (non-hydrogen) atoms. The molecule has 1 aromatic rings. The third-order valence-electron chi connectivity index (χ3n) is 2.67. The van der Waals surface area contributed by atoms with E-state index in [2.05, 4.69) is 18.8 Å². The average Bonchev–Trinajstić information content (AvgIpc) is 2.57. The molecule has 0 saturated heterocycles. The molecule has 0 aliphatic carbocycles. The fourth-order valence-electron chi connectivity index (χ4n) is 1.78. The number of nitrogens with zero attached hydrogens (tertiary/aromatic N) is 1. The summed E-state index contributed by atoms with van der Waals surface area (Å²) in [6, 6.07) is 0. The van der Waals surface area contributed by atoms with Gasteiger partial charge in [-0.1, -0.05) is 13.8 Å². The summed E-state index contributed by atoms with van der Waals surface area (Å²) >= 11 is 1.62. The molecule has 1 heterocycles. The molecule has 4 heteroatoms. The van der Waals surface area contributed by atoms with Crippen LogP contribution in [0.5, 0.6) is 0 Å². The van der Waals surface area contributed by atoms with Crippen LogP contribution in [0, 0.1) is 18.8 Å². The topological polar surface area (TPSA) is 50.2 Å². The third-order valence-corrected chi connectivity index (χ3v) is 3.66. The van der Waals surface area contributed by atoms with Gasteiger partial charge in [0.25, 0.3) is 0 Å². The number of hydrogen-bond acceptors (Lipinski definition) is 3. The highest BCUT2D eigenvalue weighted by atomic mass is 32.1. The number of rotatable bonds is 6. The molecule has 1 unspecified atom stereocenters. The fraction of sp³-hybridized carbons (Fsp3) is 0.667. The molecule has 0 radical (unpaired) electrons. The number of carboxylic acid groups (broad SMARTS) is 1. The lowest BCUT2D eigenvalue weighted by atomic mass is 9.92. The van der Waals surface area contributed by atoms with Crippen LogP contribution in [-0.2, 0) is 11.2 Å². The zero-order valence-corrected chi connectivity index (χ0v) is 10.9. The first-order valence-corrected chi connectivity index (χ1v) is 6.50. The van der Waals surface area contributed by atoms with Gasteiger partial charge < -0.3 is 5.11 Å². The van der Waals surface area contributed by atoms with Gasteiger partial charge in [-0.2, -0.15) is 0 Å². The molecule has 1 rings (SSSR count). The van der Waals surface area contributed by atoms with E-state index < -0.39 is 5.97 Å². The van der Waals surface area contributed by atoms with Crippen LogP contribution in [0.25, 0.3) is 0 Å². The second-order valence-corrected chi connectivity index (χ2v) is 5.50. The molecule has 1 aromatic heterocycles. The van der Waals surface area contributed by atoms with Gasteiger partial charge in [-0.25, -0.2) is 4.98 Å². The predicted molar refractivity (Wildman–Crippen MR) is 65.8 cm³/mol. The van der Waals surface area contributed by atoms with Crippen molar-refractivity contribution < 1.29 is 9.90 Å². The molecule has 0 bridgehead atoms. The summed E-state index contributed by atoms with van der Waals surface area (Å²) in [4.78, 5) is 16.5. The van der Waals surface area contributed by atoms with Crippen LogP contribution < -0.4 is 0 Å². The Morgan fingerprint density at radius 3 is 2.69 bits per heavy atom. The number of carbonyl (C=O) groups is 1. The van der Waals surface area contributed by atoms with Gasteiger partial charge in [-0.3, -0.25) is 4.79 Å². The quantitative estimate of drug-likeness (QED) is 0.832. The first kappa shape index (κ1) is 13.2. The maximum Gasteiger partial charge on any atom is 0.306 e. The van der Waals surface area contributed by atoms with E-state index in [0.717, 1.165) is 25.0 Å². The van der Waals surface area contributed by atoms with Gasteiger partial charge in [0.2, 0.25) is 0 Å². The van der Waals surface area contributed by atoms with Crippen molar-refractivity contribution in [1.82, 2.24) is 4.98 Å². The SMILES string of the molecule is Cc1ncsc1CCC(CC(C)C)C(=O)O. The lowest BCUT2D eigenvalue weighted by molar-refractivity contribution is -0.142. The molecule has 0 saturated carbocycles. The van der Waals surface area contributed by atoms with Crippen LogP contribution in [0.1, 0.15) is 37.3 Å². The van der Waals surface area contributed by atoms with E-state index in [4.69, 9.17) is 5.11 Å². The van der Waals surface area contributed by atoms with Crippen molar-refractivity contribution in [2.45, 2.75) is 40.0 Å². The minimum Gasteiger partial charge on any atom is -0.481 e. The van der Waals surface area contributed by atoms with E-state index in [0.29, 0.717) is 5.92 Å². The molecule has 0 aliphatic rings.